The van der Waals surface area contributed by atoms with Gasteiger partial charge in [-0.05, 0) is 29.6 Å². The topological polar surface area (TPSA) is 67.0 Å². The molecule has 5 nitrogen and oxygen atoms in total. The maximum atomic E-state index is 13.1. The summed E-state index contributed by atoms with van der Waals surface area (Å²) in [6, 6.07) is 9.42. The van der Waals surface area contributed by atoms with E-state index in [1.807, 2.05) is 17.5 Å². The molecule has 3 aromatic rings. The molecule has 0 aliphatic carbocycles. The van der Waals surface area contributed by atoms with Crippen LogP contribution in [-0.2, 0) is 0 Å². The molecule has 2 N–H and O–H groups in total. The fraction of sp³-hybridized carbons (Fsp3) is 0.0667. The summed E-state index contributed by atoms with van der Waals surface area (Å²) in [6.45, 7) is 0. The maximum Gasteiger partial charge on any atom is 0.276 e. The van der Waals surface area contributed by atoms with E-state index < -0.39 is 11.7 Å². The van der Waals surface area contributed by atoms with Gasteiger partial charge in [0.1, 0.15) is 11.6 Å². The van der Waals surface area contributed by atoms with Crippen LogP contribution in [0.15, 0.2) is 41.8 Å². The quantitative estimate of drug-likeness (QED) is 0.773. The molecule has 1 amide bonds. The number of nitrogens with one attached hydrogen (secondary N) is 2. The fourth-order valence-corrected chi connectivity index (χ4v) is 2.64. The average Bonchev–Trinajstić information content (AvgIpc) is 3.19. The first-order chi connectivity index (χ1) is 10.7. The first kappa shape index (κ1) is 14.3. The highest BCUT2D eigenvalue weighted by atomic mass is 32.1. The van der Waals surface area contributed by atoms with E-state index >= 15 is 0 Å². The molecule has 0 radical (unpaired) electrons. The van der Waals surface area contributed by atoms with E-state index in [2.05, 4.69) is 15.5 Å². The second-order valence-electron chi connectivity index (χ2n) is 4.44. The zero-order chi connectivity index (χ0) is 15.5. The lowest BCUT2D eigenvalue weighted by Gasteiger charge is -2.08. The van der Waals surface area contributed by atoms with Crippen LogP contribution >= 0.6 is 11.3 Å². The highest BCUT2D eigenvalue weighted by Crippen LogP contribution is 2.26. The molecule has 0 atom stereocenters. The number of thiophene rings is 1. The molecule has 0 unspecified atom stereocenters. The number of hydrogen-bond donors (Lipinski definition) is 2. The van der Waals surface area contributed by atoms with Crippen LogP contribution in [0.2, 0.25) is 0 Å². The summed E-state index contributed by atoms with van der Waals surface area (Å²) in [4.78, 5) is 13.2. The fourth-order valence-electron chi connectivity index (χ4n) is 1.95. The van der Waals surface area contributed by atoms with E-state index in [1.54, 1.807) is 17.4 Å². The zero-order valence-electron chi connectivity index (χ0n) is 11.6. The number of nitrogens with zero attached hydrogens (tertiary/aromatic N) is 1. The van der Waals surface area contributed by atoms with Gasteiger partial charge in [0.15, 0.2) is 5.69 Å². The Balaban J connectivity index is 1.80. The molecule has 0 bridgehead atoms. The number of amides is 1. The second kappa shape index (κ2) is 5.98. The van der Waals surface area contributed by atoms with Crippen LogP contribution in [0.5, 0.6) is 5.75 Å². The van der Waals surface area contributed by atoms with Gasteiger partial charge in [-0.3, -0.25) is 9.89 Å². The van der Waals surface area contributed by atoms with E-state index in [0.717, 1.165) is 10.6 Å². The van der Waals surface area contributed by atoms with Crippen LogP contribution in [0.25, 0.3) is 10.6 Å². The minimum Gasteiger partial charge on any atom is -0.494 e. The summed E-state index contributed by atoms with van der Waals surface area (Å²) in [5.74, 6) is -0.582. The molecule has 0 fully saturated rings. The Kier molecular flexibility index (Phi) is 3.88. The molecule has 0 saturated carbocycles. The number of halogens is 1. The van der Waals surface area contributed by atoms with Gasteiger partial charge in [0, 0.05) is 6.07 Å². The van der Waals surface area contributed by atoms with Gasteiger partial charge in [-0.1, -0.05) is 6.07 Å². The molecule has 2 aromatic heterocycles. The summed E-state index contributed by atoms with van der Waals surface area (Å²) in [6.07, 6.45) is 0. The third-order valence-corrected chi connectivity index (χ3v) is 3.91. The number of methoxy groups -OCH3 is 1. The number of hydrogen-bond acceptors (Lipinski definition) is 4. The molecular weight excluding hydrogens is 305 g/mol. The number of carbonyl (C=O) groups excluding carboxylic acids is 1. The summed E-state index contributed by atoms with van der Waals surface area (Å²) in [5.41, 5.74) is 1.40. The number of aromatic nitrogens is 2. The third-order valence-electron chi connectivity index (χ3n) is 3.01. The maximum absolute atomic E-state index is 13.1. The molecule has 0 aliphatic rings. The highest BCUT2D eigenvalue weighted by Gasteiger charge is 2.14. The van der Waals surface area contributed by atoms with Crippen molar-refractivity contribution in [1.82, 2.24) is 10.2 Å². The molecule has 0 aliphatic heterocycles. The van der Waals surface area contributed by atoms with Gasteiger partial charge in [-0.25, -0.2) is 4.39 Å². The first-order valence-corrected chi connectivity index (χ1v) is 7.29. The first-order valence-electron chi connectivity index (χ1n) is 6.41. The summed E-state index contributed by atoms with van der Waals surface area (Å²) < 4.78 is 18.2. The van der Waals surface area contributed by atoms with E-state index in [9.17, 15) is 9.18 Å². The Morgan fingerprint density at radius 1 is 1.36 bits per heavy atom. The lowest BCUT2D eigenvalue weighted by atomic mass is 10.2. The van der Waals surface area contributed by atoms with Crippen molar-refractivity contribution in [2.75, 3.05) is 12.4 Å². The van der Waals surface area contributed by atoms with Gasteiger partial charge < -0.3 is 10.1 Å². The van der Waals surface area contributed by atoms with Crippen LogP contribution < -0.4 is 10.1 Å². The third kappa shape index (κ3) is 2.84. The van der Waals surface area contributed by atoms with E-state index in [1.165, 1.54) is 25.3 Å². The van der Waals surface area contributed by atoms with Crippen LogP contribution in [0.1, 0.15) is 10.5 Å². The lowest BCUT2D eigenvalue weighted by molar-refractivity contribution is 0.102. The molecule has 7 heteroatoms. The Morgan fingerprint density at radius 3 is 2.95 bits per heavy atom. The van der Waals surface area contributed by atoms with Crippen LogP contribution in [0.3, 0.4) is 0 Å². The summed E-state index contributed by atoms with van der Waals surface area (Å²) in [7, 11) is 1.41. The number of H-pyrrole nitrogens is 1. The number of anilines is 1. The van der Waals surface area contributed by atoms with Gasteiger partial charge in [0.2, 0.25) is 0 Å². The number of rotatable bonds is 4. The second-order valence-corrected chi connectivity index (χ2v) is 5.39. The number of aromatic amines is 1. The van der Waals surface area contributed by atoms with E-state index in [0.29, 0.717) is 5.69 Å². The molecule has 22 heavy (non-hydrogen) atoms. The van der Waals surface area contributed by atoms with Crippen LogP contribution in [0.4, 0.5) is 10.1 Å². The summed E-state index contributed by atoms with van der Waals surface area (Å²) in [5, 5.41) is 11.4. The predicted molar refractivity (Wildman–Crippen MR) is 82.8 cm³/mol. The Bertz CT molecular complexity index is 799. The molecule has 2 heterocycles. The lowest BCUT2D eigenvalue weighted by Crippen LogP contribution is -2.13. The number of carbonyl (C=O) groups is 1. The molecule has 0 saturated heterocycles. The van der Waals surface area contributed by atoms with Crippen molar-refractivity contribution in [3.63, 3.8) is 0 Å². The number of ether oxygens (including phenoxy) is 1. The predicted octanol–water partition coefficient (Wildman–Crippen LogP) is 3.54. The Labute approximate surface area is 129 Å². The smallest absolute Gasteiger partial charge is 0.276 e. The molecule has 112 valence electrons. The van der Waals surface area contributed by atoms with Gasteiger partial charge >= 0.3 is 0 Å². The minimum absolute atomic E-state index is 0.245. The van der Waals surface area contributed by atoms with Crippen LogP contribution in [0, 0.1) is 5.82 Å². The minimum atomic E-state index is -0.436. The standard InChI is InChI=1S/C15H12FN3O2S/c1-21-13-7-9(16)4-5-10(13)17-15(20)12-8-11(18-19-12)14-3-2-6-22-14/h2-8H,1H3,(H,17,20)(H,18,19). The van der Waals surface area contributed by atoms with Crippen molar-refractivity contribution in [3.05, 3.63) is 53.3 Å². The van der Waals surface area contributed by atoms with Gasteiger partial charge in [-0.2, -0.15) is 5.10 Å². The van der Waals surface area contributed by atoms with Crippen molar-refractivity contribution in [2.45, 2.75) is 0 Å². The monoisotopic (exact) mass is 317 g/mol. The molecule has 1 aromatic carbocycles. The molecular formula is C15H12FN3O2S. The van der Waals surface area contributed by atoms with Crippen molar-refractivity contribution >= 4 is 22.9 Å². The molecule has 3 rings (SSSR count). The average molecular weight is 317 g/mol. The van der Waals surface area contributed by atoms with E-state index in [4.69, 9.17) is 4.74 Å². The number of benzene rings is 1. The normalized spacial score (nSPS) is 10.5. The van der Waals surface area contributed by atoms with E-state index in [-0.39, 0.29) is 11.4 Å². The van der Waals surface area contributed by atoms with Crippen molar-refractivity contribution in [2.24, 2.45) is 0 Å². The van der Waals surface area contributed by atoms with Crippen molar-refractivity contribution in [1.29, 1.82) is 0 Å². The van der Waals surface area contributed by atoms with Gasteiger partial charge in [0.25, 0.3) is 5.91 Å². The largest absolute Gasteiger partial charge is 0.494 e. The summed E-state index contributed by atoms with van der Waals surface area (Å²) >= 11 is 1.55. The SMILES string of the molecule is COc1cc(F)ccc1NC(=O)c1cc(-c2cccs2)[nH]n1. The van der Waals surface area contributed by atoms with Gasteiger partial charge in [-0.15, -0.1) is 11.3 Å². The molecule has 0 spiro atoms. The zero-order valence-corrected chi connectivity index (χ0v) is 12.4. The highest BCUT2D eigenvalue weighted by molar-refractivity contribution is 7.13. The Morgan fingerprint density at radius 2 is 2.23 bits per heavy atom. The van der Waals surface area contributed by atoms with Crippen molar-refractivity contribution in [3.8, 4) is 16.3 Å². The van der Waals surface area contributed by atoms with Crippen LogP contribution in [-0.4, -0.2) is 23.2 Å². The van der Waals surface area contributed by atoms with Crippen molar-refractivity contribution < 1.29 is 13.9 Å². The van der Waals surface area contributed by atoms with Gasteiger partial charge in [0.05, 0.1) is 23.4 Å². The Hall–Kier alpha value is -2.67.